The van der Waals surface area contributed by atoms with E-state index in [0.717, 1.165) is 49.1 Å². The summed E-state index contributed by atoms with van der Waals surface area (Å²) >= 11 is 1.42. The van der Waals surface area contributed by atoms with E-state index in [9.17, 15) is 14.9 Å². The van der Waals surface area contributed by atoms with E-state index in [-0.39, 0.29) is 22.4 Å². The van der Waals surface area contributed by atoms with Crippen LogP contribution in [0.25, 0.3) is 0 Å². The number of amides is 1. The highest BCUT2D eigenvalue weighted by molar-refractivity contribution is 7.09. The van der Waals surface area contributed by atoms with E-state index in [4.69, 9.17) is 4.98 Å². The lowest BCUT2D eigenvalue weighted by atomic mass is 9.96. The molecular weight excluding hydrogens is 464 g/mol. The number of nitro benzene ring substituents is 1. The molecule has 1 unspecified atom stereocenters. The number of carbonyl (C=O) groups is 1. The van der Waals surface area contributed by atoms with Crippen LogP contribution in [0.15, 0.2) is 54.6 Å². The Balaban J connectivity index is 1.15. The van der Waals surface area contributed by atoms with Crippen LogP contribution in [0.5, 0.6) is 0 Å². The monoisotopic (exact) mass is 492 g/mol. The number of carbonyl (C=O) groups excluding carboxylic acids is 1. The van der Waals surface area contributed by atoms with E-state index in [1.807, 2.05) is 23.1 Å². The van der Waals surface area contributed by atoms with Crippen molar-refractivity contribution in [2.45, 2.75) is 19.3 Å². The van der Waals surface area contributed by atoms with Gasteiger partial charge in [0.25, 0.3) is 5.69 Å². The van der Waals surface area contributed by atoms with Crippen molar-refractivity contribution in [3.8, 4) is 0 Å². The molecule has 0 aliphatic carbocycles. The van der Waals surface area contributed by atoms with Gasteiger partial charge in [-0.3, -0.25) is 14.9 Å². The summed E-state index contributed by atoms with van der Waals surface area (Å²) in [5.74, 6) is 1.01. The van der Waals surface area contributed by atoms with Crippen LogP contribution in [-0.4, -0.2) is 64.4 Å². The number of anilines is 2. The van der Waals surface area contributed by atoms with E-state index < -0.39 is 0 Å². The number of piperidine rings is 1. The molecule has 0 N–H and O–H groups in total. The number of nitro groups is 1. The van der Waals surface area contributed by atoms with Crippen LogP contribution in [-0.2, 0) is 11.2 Å². The van der Waals surface area contributed by atoms with Crippen molar-refractivity contribution in [2.24, 2.45) is 5.92 Å². The number of piperazine rings is 1. The molecule has 2 aliphatic rings. The first kappa shape index (κ1) is 23.2. The molecule has 3 aromatic rings. The molecule has 35 heavy (non-hydrogen) atoms. The van der Waals surface area contributed by atoms with E-state index in [2.05, 4.69) is 26.3 Å². The summed E-state index contributed by atoms with van der Waals surface area (Å²) in [7, 11) is 0. The molecule has 1 atom stereocenters. The average Bonchev–Trinajstić information content (AvgIpc) is 3.37. The van der Waals surface area contributed by atoms with Crippen LogP contribution >= 0.6 is 11.5 Å². The van der Waals surface area contributed by atoms with E-state index in [1.165, 1.54) is 29.2 Å². The van der Waals surface area contributed by atoms with Gasteiger partial charge in [0, 0.05) is 75.0 Å². The fraction of sp³-hybridized carbons (Fsp3) is 0.400. The molecule has 10 heteroatoms. The molecule has 1 aromatic heterocycles. The molecular formula is C25H28N6O3S. The molecule has 182 valence electrons. The number of aromatic nitrogens is 2. The largest absolute Gasteiger partial charge is 0.368 e. The zero-order valence-corrected chi connectivity index (χ0v) is 20.3. The number of hydrogen-bond acceptors (Lipinski definition) is 8. The van der Waals surface area contributed by atoms with E-state index in [0.29, 0.717) is 26.1 Å². The standard InChI is InChI=1S/C25H28N6O3S/c32-24(29-15-13-28(14-16-29)21-8-10-22(11-9-21)31(33)34)20-7-4-12-30(18-20)25-26-23(27-35-25)17-19-5-2-1-3-6-19/h1-3,5-6,8-11,20H,4,7,12-18H2. The van der Waals surface area contributed by atoms with Gasteiger partial charge in [0.05, 0.1) is 10.8 Å². The lowest BCUT2D eigenvalue weighted by molar-refractivity contribution is -0.384. The molecule has 2 aliphatic heterocycles. The second-order valence-corrected chi connectivity index (χ2v) is 9.76. The third kappa shape index (κ3) is 5.43. The number of rotatable bonds is 6. The van der Waals surface area contributed by atoms with Crippen molar-refractivity contribution in [1.29, 1.82) is 0 Å². The highest BCUT2D eigenvalue weighted by Crippen LogP contribution is 2.27. The van der Waals surface area contributed by atoms with Crippen LogP contribution in [0.2, 0.25) is 0 Å². The van der Waals surface area contributed by atoms with Gasteiger partial charge in [-0.15, -0.1) is 0 Å². The Morgan fingerprint density at radius 1 is 1.00 bits per heavy atom. The molecule has 5 rings (SSSR count). The predicted molar refractivity (Wildman–Crippen MR) is 136 cm³/mol. The molecule has 2 saturated heterocycles. The molecule has 0 bridgehead atoms. The van der Waals surface area contributed by atoms with Crippen molar-refractivity contribution >= 4 is 33.9 Å². The van der Waals surface area contributed by atoms with Gasteiger partial charge in [0.15, 0.2) is 0 Å². The maximum Gasteiger partial charge on any atom is 0.269 e. The van der Waals surface area contributed by atoms with Gasteiger partial charge in [0.2, 0.25) is 11.0 Å². The highest BCUT2D eigenvalue weighted by atomic mass is 32.1. The number of benzene rings is 2. The molecule has 0 radical (unpaired) electrons. The molecule has 0 saturated carbocycles. The summed E-state index contributed by atoms with van der Waals surface area (Å²) < 4.78 is 4.55. The average molecular weight is 493 g/mol. The van der Waals surface area contributed by atoms with Crippen LogP contribution in [0.4, 0.5) is 16.5 Å². The number of nitrogens with zero attached hydrogens (tertiary/aromatic N) is 6. The van der Waals surface area contributed by atoms with Crippen molar-refractivity contribution in [3.63, 3.8) is 0 Å². The summed E-state index contributed by atoms with van der Waals surface area (Å²) in [6, 6.07) is 16.8. The summed E-state index contributed by atoms with van der Waals surface area (Å²) in [5, 5.41) is 11.8. The molecule has 2 fully saturated rings. The number of non-ortho nitro benzene ring substituents is 1. The Morgan fingerprint density at radius 3 is 2.46 bits per heavy atom. The van der Waals surface area contributed by atoms with Gasteiger partial charge in [-0.25, -0.2) is 4.98 Å². The third-order valence-electron chi connectivity index (χ3n) is 6.72. The molecule has 0 spiro atoms. The fourth-order valence-corrected chi connectivity index (χ4v) is 5.52. The zero-order chi connectivity index (χ0) is 24.2. The normalized spacial score (nSPS) is 18.5. The minimum Gasteiger partial charge on any atom is -0.368 e. The SMILES string of the molecule is O=C(C1CCCN(c2nc(Cc3ccccc3)ns2)C1)N1CCN(c2ccc([N+](=O)[O-])cc2)CC1. The van der Waals surface area contributed by atoms with Crippen molar-refractivity contribution < 1.29 is 9.72 Å². The first-order chi connectivity index (χ1) is 17.1. The summed E-state index contributed by atoms with van der Waals surface area (Å²) in [6.07, 6.45) is 2.58. The van der Waals surface area contributed by atoms with Gasteiger partial charge in [0.1, 0.15) is 5.82 Å². The molecule has 1 amide bonds. The predicted octanol–water partition coefficient (Wildman–Crippen LogP) is 3.60. The van der Waals surface area contributed by atoms with Gasteiger partial charge >= 0.3 is 0 Å². The van der Waals surface area contributed by atoms with Crippen LogP contribution in [0, 0.1) is 16.0 Å². The van der Waals surface area contributed by atoms with Crippen molar-refractivity contribution in [2.75, 3.05) is 49.1 Å². The second kappa shape index (κ2) is 10.4. The van der Waals surface area contributed by atoms with Crippen LogP contribution in [0.1, 0.15) is 24.2 Å². The summed E-state index contributed by atoms with van der Waals surface area (Å²) in [4.78, 5) is 34.9. The molecule has 9 nitrogen and oxygen atoms in total. The first-order valence-corrected chi connectivity index (χ1v) is 12.7. The molecule has 2 aromatic carbocycles. The quantitative estimate of drug-likeness (QED) is 0.383. The van der Waals surface area contributed by atoms with Gasteiger partial charge in [-0.2, -0.15) is 4.37 Å². The first-order valence-electron chi connectivity index (χ1n) is 12.0. The summed E-state index contributed by atoms with van der Waals surface area (Å²) in [6.45, 7) is 4.34. The number of hydrogen-bond donors (Lipinski definition) is 0. The van der Waals surface area contributed by atoms with Gasteiger partial charge in [-0.1, -0.05) is 30.3 Å². The van der Waals surface area contributed by atoms with E-state index >= 15 is 0 Å². The topological polar surface area (TPSA) is 95.7 Å². The summed E-state index contributed by atoms with van der Waals surface area (Å²) in [5.41, 5.74) is 2.23. The maximum atomic E-state index is 13.3. The van der Waals surface area contributed by atoms with Crippen molar-refractivity contribution in [3.05, 3.63) is 76.1 Å². The van der Waals surface area contributed by atoms with Gasteiger partial charge in [-0.05, 0) is 30.5 Å². The van der Waals surface area contributed by atoms with Crippen LogP contribution < -0.4 is 9.80 Å². The molecule has 3 heterocycles. The minimum absolute atomic E-state index is 0.0313. The lowest BCUT2D eigenvalue weighted by Crippen LogP contribution is -2.52. The Bertz CT molecular complexity index is 1160. The van der Waals surface area contributed by atoms with Gasteiger partial charge < -0.3 is 14.7 Å². The van der Waals surface area contributed by atoms with Crippen molar-refractivity contribution in [1.82, 2.24) is 14.3 Å². The second-order valence-electron chi connectivity index (χ2n) is 9.03. The lowest BCUT2D eigenvalue weighted by Gasteiger charge is -2.39. The maximum absolute atomic E-state index is 13.3. The Hall–Kier alpha value is -3.53. The third-order valence-corrected chi connectivity index (χ3v) is 7.54. The fourth-order valence-electron chi connectivity index (χ4n) is 4.80. The van der Waals surface area contributed by atoms with E-state index in [1.54, 1.807) is 12.1 Å². The van der Waals surface area contributed by atoms with Crippen LogP contribution in [0.3, 0.4) is 0 Å². The highest BCUT2D eigenvalue weighted by Gasteiger charge is 2.32. The zero-order valence-electron chi connectivity index (χ0n) is 19.5. The Kier molecular flexibility index (Phi) is 6.89. The minimum atomic E-state index is -0.389. The Labute approximate surface area is 208 Å². The Morgan fingerprint density at radius 2 is 1.74 bits per heavy atom. The smallest absolute Gasteiger partial charge is 0.269 e.